The SMILES string of the molecule is CC(C)CCCCCCCOCCCN=C(N)NC#N. The maximum atomic E-state index is 8.29. The Morgan fingerprint density at radius 1 is 1.15 bits per heavy atom. The van der Waals surface area contributed by atoms with Gasteiger partial charge in [-0.25, -0.2) is 0 Å². The van der Waals surface area contributed by atoms with E-state index in [4.69, 9.17) is 15.7 Å². The number of nitrogens with one attached hydrogen (secondary N) is 1. The second-order valence-corrected chi connectivity index (χ2v) is 5.42. The Bertz CT molecular complexity index is 284. The van der Waals surface area contributed by atoms with Crippen LogP contribution in [0.3, 0.4) is 0 Å². The molecule has 5 heteroatoms. The van der Waals surface area contributed by atoms with Crippen molar-refractivity contribution in [2.45, 2.75) is 58.8 Å². The molecule has 0 aliphatic carbocycles. The van der Waals surface area contributed by atoms with Gasteiger partial charge in [0.05, 0.1) is 0 Å². The topological polar surface area (TPSA) is 83.4 Å². The Morgan fingerprint density at radius 3 is 2.50 bits per heavy atom. The van der Waals surface area contributed by atoms with Gasteiger partial charge < -0.3 is 10.5 Å². The van der Waals surface area contributed by atoms with Gasteiger partial charge in [-0.2, -0.15) is 5.26 Å². The summed E-state index contributed by atoms with van der Waals surface area (Å²) in [5, 5.41) is 10.6. The van der Waals surface area contributed by atoms with E-state index in [1.165, 1.54) is 32.1 Å². The summed E-state index contributed by atoms with van der Waals surface area (Å²) in [5.74, 6) is 1.01. The quantitative estimate of drug-likeness (QED) is 0.189. The molecule has 0 aliphatic rings. The maximum Gasteiger partial charge on any atom is 0.202 e. The average Bonchev–Trinajstić information content (AvgIpc) is 2.40. The molecule has 0 heterocycles. The largest absolute Gasteiger partial charge is 0.381 e. The molecule has 0 saturated heterocycles. The standard InChI is InChI=1S/C15H30N4O/c1-14(2)9-6-4-3-5-7-11-20-12-8-10-18-15(17)19-13-16/h14H,3-12H2,1-2H3,(H3,17,18,19). The fourth-order valence-corrected chi connectivity index (χ4v) is 1.85. The van der Waals surface area contributed by atoms with E-state index in [1.54, 1.807) is 6.19 Å². The first-order chi connectivity index (χ1) is 9.66. The van der Waals surface area contributed by atoms with E-state index < -0.39 is 0 Å². The Balaban J connectivity index is 3.14. The number of ether oxygens (including phenoxy) is 1. The van der Waals surface area contributed by atoms with E-state index >= 15 is 0 Å². The molecule has 0 rings (SSSR count). The van der Waals surface area contributed by atoms with Crippen LogP contribution < -0.4 is 11.1 Å². The van der Waals surface area contributed by atoms with Crippen molar-refractivity contribution in [1.29, 1.82) is 5.26 Å². The lowest BCUT2D eigenvalue weighted by molar-refractivity contribution is 0.129. The van der Waals surface area contributed by atoms with Crippen LogP contribution >= 0.6 is 0 Å². The van der Waals surface area contributed by atoms with Crippen LogP contribution in [0.15, 0.2) is 4.99 Å². The van der Waals surface area contributed by atoms with Gasteiger partial charge in [0.1, 0.15) is 0 Å². The van der Waals surface area contributed by atoms with E-state index in [2.05, 4.69) is 24.2 Å². The number of guanidine groups is 1. The van der Waals surface area contributed by atoms with Gasteiger partial charge in [-0.1, -0.05) is 46.0 Å². The molecule has 0 amide bonds. The predicted octanol–water partition coefficient (Wildman–Crippen LogP) is 2.78. The molecule has 20 heavy (non-hydrogen) atoms. The molecule has 0 bridgehead atoms. The van der Waals surface area contributed by atoms with E-state index in [0.29, 0.717) is 13.2 Å². The summed E-state index contributed by atoms with van der Waals surface area (Å²) in [6.07, 6.45) is 10.3. The minimum atomic E-state index is 0.175. The van der Waals surface area contributed by atoms with Crippen LogP contribution in [0, 0.1) is 17.4 Å². The van der Waals surface area contributed by atoms with Crippen molar-refractivity contribution < 1.29 is 4.74 Å². The molecule has 0 aromatic carbocycles. The fourth-order valence-electron chi connectivity index (χ4n) is 1.85. The minimum absolute atomic E-state index is 0.175. The summed E-state index contributed by atoms with van der Waals surface area (Å²) >= 11 is 0. The zero-order valence-electron chi connectivity index (χ0n) is 13.0. The second-order valence-electron chi connectivity index (χ2n) is 5.42. The first-order valence-corrected chi connectivity index (χ1v) is 7.69. The van der Waals surface area contributed by atoms with E-state index in [9.17, 15) is 0 Å². The van der Waals surface area contributed by atoms with Gasteiger partial charge in [-0.15, -0.1) is 0 Å². The third-order valence-electron chi connectivity index (χ3n) is 2.98. The summed E-state index contributed by atoms with van der Waals surface area (Å²) in [6.45, 7) is 6.69. The molecule has 0 aromatic heterocycles. The molecule has 0 unspecified atom stereocenters. The van der Waals surface area contributed by atoms with Gasteiger partial charge >= 0.3 is 0 Å². The summed E-state index contributed by atoms with van der Waals surface area (Å²) in [5.41, 5.74) is 5.40. The molecular weight excluding hydrogens is 252 g/mol. The monoisotopic (exact) mass is 282 g/mol. The van der Waals surface area contributed by atoms with Crippen molar-refractivity contribution >= 4 is 5.96 Å². The number of hydrogen-bond acceptors (Lipinski definition) is 3. The molecule has 0 saturated carbocycles. The van der Waals surface area contributed by atoms with Crippen LogP contribution in [0.1, 0.15) is 58.8 Å². The third-order valence-corrected chi connectivity index (χ3v) is 2.98. The van der Waals surface area contributed by atoms with Crippen molar-refractivity contribution in [1.82, 2.24) is 5.32 Å². The molecule has 0 spiro atoms. The lowest BCUT2D eigenvalue weighted by Crippen LogP contribution is -2.27. The van der Waals surface area contributed by atoms with Gasteiger partial charge in [0.2, 0.25) is 5.96 Å². The molecule has 0 aliphatic heterocycles. The summed E-state index contributed by atoms with van der Waals surface area (Å²) in [4.78, 5) is 3.98. The normalized spacial score (nSPS) is 11.6. The first-order valence-electron chi connectivity index (χ1n) is 7.69. The van der Waals surface area contributed by atoms with Crippen molar-refractivity contribution in [2.75, 3.05) is 19.8 Å². The number of aliphatic imine (C=N–C) groups is 1. The number of rotatable bonds is 12. The third kappa shape index (κ3) is 14.8. The van der Waals surface area contributed by atoms with Gasteiger partial charge in [0.25, 0.3) is 0 Å². The number of nitrogens with two attached hydrogens (primary N) is 1. The molecule has 5 nitrogen and oxygen atoms in total. The summed E-state index contributed by atoms with van der Waals surface area (Å²) in [7, 11) is 0. The number of unbranched alkanes of at least 4 members (excludes halogenated alkanes) is 4. The van der Waals surface area contributed by atoms with E-state index in [-0.39, 0.29) is 5.96 Å². The van der Waals surface area contributed by atoms with Crippen molar-refractivity contribution in [3.8, 4) is 6.19 Å². The fraction of sp³-hybridized carbons (Fsp3) is 0.867. The predicted molar refractivity (Wildman–Crippen MR) is 83.2 cm³/mol. The van der Waals surface area contributed by atoms with Crippen LogP contribution in [0.4, 0.5) is 0 Å². The number of nitrogens with zero attached hydrogens (tertiary/aromatic N) is 2. The maximum absolute atomic E-state index is 8.29. The van der Waals surface area contributed by atoms with Crippen molar-refractivity contribution in [3.63, 3.8) is 0 Å². The van der Waals surface area contributed by atoms with Crippen LogP contribution in [0.25, 0.3) is 0 Å². The zero-order valence-corrected chi connectivity index (χ0v) is 13.0. The number of nitriles is 1. The molecular formula is C15H30N4O. The van der Waals surface area contributed by atoms with Crippen molar-refractivity contribution in [3.05, 3.63) is 0 Å². The summed E-state index contributed by atoms with van der Waals surface area (Å²) < 4.78 is 5.52. The molecule has 0 radical (unpaired) electrons. The Morgan fingerprint density at radius 2 is 1.80 bits per heavy atom. The lowest BCUT2D eigenvalue weighted by Gasteiger charge is -2.05. The van der Waals surface area contributed by atoms with Crippen LogP contribution in [-0.4, -0.2) is 25.7 Å². The van der Waals surface area contributed by atoms with Gasteiger partial charge in [0, 0.05) is 19.8 Å². The molecule has 3 N–H and O–H groups in total. The number of hydrogen-bond donors (Lipinski definition) is 2. The lowest BCUT2D eigenvalue weighted by atomic mass is 10.0. The van der Waals surface area contributed by atoms with Gasteiger partial charge in [-0.3, -0.25) is 10.3 Å². The van der Waals surface area contributed by atoms with Crippen LogP contribution in [-0.2, 0) is 4.74 Å². The first kappa shape index (κ1) is 18.7. The zero-order chi connectivity index (χ0) is 15.1. The van der Waals surface area contributed by atoms with E-state index in [1.807, 2.05) is 0 Å². The average molecular weight is 282 g/mol. The smallest absolute Gasteiger partial charge is 0.202 e. The highest BCUT2D eigenvalue weighted by atomic mass is 16.5. The Labute approximate surface area is 123 Å². The molecule has 0 fully saturated rings. The van der Waals surface area contributed by atoms with Crippen LogP contribution in [0.5, 0.6) is 0 Å². The highest BCUT2D eigenvalue weighted by Crippen LogP contribution is 2.10. The molecule has 116 valence electrons. The highest BCUT2D eigenvalue weighted by Gasteiger charge is 1.95. The van der Waals surface area contributed by atoms with Gasteiger partial charge in [-0.05, 0) is 18.8 Å². The van der Waals surface area contributed by atoms with Crippen molar-refractivity contribution in [2.24, 2.45) is 16.6 Å². The van der Waals surface area contributed by atoms with E-state index in [0.717, 1.165) is 25.4 Å². The van der Waals surface area contributed by atoms with Gasteiger partial charge in [0.15, 0.2) is 6.19 Å². The summed E-state index contributed by atoms with van der Waals surface area (Å²) in [6, 6.07) is 0. The Kier molecular flexibility index (Phi) is 13.2. The molecule has 0 aromatic rings. The highest BCUT2D eigenvalue weighted by molar-refractivity contribution is 5.79. The molecule has 0 atom stereocenters. The minimum Gasteiger partial charge on any atom is -0.381 e. The van der Waals surface area contributed by atoms with Crippen LogP contribution in [0.2, 0.25) is 0 Å². The Hall–Kier alpha value is -1.28. The second kappa shape index (κ2) is 14.1.